The summed E-state index contributed by atoms with van der Waals surface area (Å²) in [6.45, 7) is -1.45. The van der Waals surface area contributed by atoms with Gasteiger partial charge in [-0.1, -0.05) is 0 Å². The quantitative estimate of drug-likeness (QED) is 0.246. The van der Waals surface area contributed by atoms with Crippen LogP contribution in [0.15, 0.2) is 0 Å². The van der Waals surface area contributed by atoms with Crippen LogP contribution < -0.4 is 0 Å². The summed E-state index contributed by atoms with van der Waals surface area (Å²) in [5.41, 5.74) is -6.27. The van der Waals surface area contributed by atoms with E-state index < -0.39 is 60.8 Å². The Bertz CT molecular complexity index is 430. The van der Waals surface area contributed by atoms with Crippen LogP contribution in [0.1, 0.15) is 19.3 Å². The third kappa shape index (κ3) is 3.98. The number of hydrogen-bond donors (Lipinski definition) is 6. The number of carboxylic acid groups (broad SMARTS) is 3. The second kappa shape index (κ2) is 6.41. The molecule has 0 radical (unpaired) electrons. The highest BCUT2D eigenvalue weighted by molar-refractivity contribution is 6.02. The molecular weight excluding hydrogens is 280 g/mol. The Hall–Kier alpha value is -2.04. The Morgan fingerprint density at radius 1 is 0.800 bits per heavy atom. The van der Waals surface area contributed by atoms with Crippen LogP contribution in [0.3, 0.4) is 0 Å². The Morgan fingerprint density at radius 3 is 1.55 bits per heavy atom. The highest BCUT2D eigenvalue weighted by atomic mass is 16.4. The predicted molar refractivity (Wildman–Crippen MR) is 58.8 cm³/mol. The van der Waals surface area contributed by atoms with Crippen LogP contribution in [-0.2, 0) is 19.2 Å². The van der Waals surface area contributed by atoms with E-state index in [0.717, 1.165) is 0 Å². The van der Waals surface area contributed by atoms with Crippen molar-refractivity contribution in [1.82, 2.24) is 0 Å². The van der Waals surface area contributed by atoms with Crippen molar-refractivity contribution >= 4 is 23.7 Å². The van der Waals surface area contributed by atoms with Gasteiger partial charge in [0.25, 0.3) is 0 Å². The summed E-state index contributed by atoms with van der Waals surface area (Å²) in [6.07, 6.45) is -4.15. The maximum atomic E-state index is 11.6. The van der Waals surface area contributed by atoms with Crippen LogP contribution in [-0.4, -0.2) is 72.1 Å². The van der Waals surface area contributed by atoms with Crippen LogP contribution in [0, 0.1) is 0 Å². The van der Waals surface area contributed by atoms with Crippen LogP contribution in [0.4, 0.5) is 0 Å². The van der Waals surface area contributed by atoms with Crippen molar-refractivity contribution in [2.45, 2.75) is 30.5 Å². The lowest BCUT2D eigenvalue weighted by Crippen LogP contribution is -2.63. The van der Waals surface area contributed by atoms with Gasteiger partial charge in [0.2, 0.25) is 0 Å². The van der Waals surface area contributed by atoms with Gasteiger partial charge < -0.3 is 30.6 Å². The molecule has 0 aromatic carbocycles. The molecule has 0 aromatic rings. The average Bonchev–Trinajstić information content (AvgIpc) is 2.25. The monoisotopic (exact) mass is 294 g/mol. The summed E-state index contributed by atoms with van der Waals surface area (Å²) >= 11 is 0. The Balaban J connectivity index is 5.70. The Morgan fingerprint density at radius 2 is 1.25 bits per heavy atom. The molecule has 0 aliphatic rings. The molecule has 10 heteroatoms. The van der Waals surface area contributed by atoms with Crippen molar-refractivity contribution in [2.75, 3.05) is 6.61 Å². The molecule has 2 atom stereocenters. The highest BCUT2D eigenvalue weighted by Crippen LogP contribution is 2.31. The number of carbonyl (C=O) groups is 4. The minimum Gasteiger partial charge on any atom is -0.481 e. The molecule has 0 heterocycles. The zero-order valence-electron chi connectivity index (χ0n) is 10.1. The Labute approximate surface area is 111 Å². The van der Waals surface area contributed by atoms with E-state index in [1.165, 1.54) is 0 Å². The van der Waals surface area contributed by atoms with Crippen LogP contribution in [0.2, 0.25) is 0 Å². The fourth-order valence-corrected chi connectivity index (χ4v) is 1.61. The number of hydrogen-bond acceptors (Lipinski definition) is 7. The molecule has 0 aromatic heterocycles. The molecule has 0 aliphatic heterocycles. The van der Waals surface area contributed by atoms with Crippen LogP contribution in [0.5, 0.6) is 0 Å². The first-order chi connectivity index (χ1) is 8.98. The first kappa shape index (κ1) is 18.0. The highest BCUT2D eigenvalue weighted by Gasteiger charge is 2.56. The number of aliphatic hydroxyl groups is 3. The second-order valence-electron chi connectivity index (χ2n) is 4.18. The van der Waals surface area contributed by atoms with E-state index in [0.29, 0.717) is 0 Å². The van der Waals surface area contributed by atoms with E-state index in [2.05, 4.69) is 0 Å². The van der Waals surface area contributed by atoms with Gasteiger partial charge in [0.15, 0.2) is 11.4 Å². The van der Waals surface area contributed by atoms with Gasteiger partial charge in [-0.05, 0) is 0 Å². The first-order valence-electron chi connectivity index (χ1n) is 5.23. The van der Waals surface area contributed by atoms with E-state index in [1.807, 2.05) is 0 Å². The minimum atomic E-state index is -3.25. The molecule has 0 spiro atoms. The normalized spacial score (nSPS) is 16.8. The molecule has 0 rings (SSSR count). The summed E-state index contributed by atoms with van der Waals surface area (Å²) in [6, 6.07) is 0. The van der Waals surface area contributed by atoms with E-state index >= 15 is 0 Å². The third-order valence-corrected chi connectivity index (χ3v) is 2.66. The maximum Gasteiger partial charge on any atom is 0.310 e. The number of rotatable bonds is 9. The smallest absolute Gasteiger partial charge is 0.310 e. The molecule has 0 bridgehead atoms. The molecule has 0 amide bonds. The van der Waals surface area contributed by atoms with Gasteiger partial charge in [-0.25, -0.2) is 0 Å². The van der Waals surface area contributed by atoms with E-state index in [4.69, 9.17) is 20.4 Å². The van der Waals surface area contributed by atoms with Crippen LogP contribution in [0.25, 0.3) is 0 Å². The number of aliphatic hydroxyl groups excluding tert-OH is 1. The Kier molecular flexibility index (Phi) is 5.76. The lowest BCUT2D eigenvalue weighted by Gasteiger charge is -2.39. The summed E-state index contributed by atoms with van der Waals surface area (Å²) in [4.78, 5) is 43.3. The van der Waals surface area contributed by atoms with Crippen molar-refractivity contribution in [1.29, 1.82) is 0 Å². The van der Waals surface area contributed by atoms with Crippen molar-refractivity contribution in [3.63, 3.8) is 0 Å². The van der Waals surface area contributed by atoms with E-state index in [9.17, 15) is 29.4 Å². The fraction of sp³-hybridized carbons (Fsp3) is 0.600. The first-order valence-corrected chi connectivity index (χ1v) is 5.23. The molecule has 20 heavy (non-hydrogen) atoms. The average molecular weight is 294 g/mol. The van der Waals surface area contributed by atoms with Crippen molar-refractivity contribution < 1.29 is 49.8 Å². The summed E-state index contributed by atoms with van der Waals surface area (Å²) in [7, 11) is 0. The van der Waals surface area contributed by atoms with Gasteiger partial charge in [0.05, 0.1) is 19.4 Å². The van der Waals surface area contributed by atoms with Gasteiger partial charge >= 0.3 is 17.9 Å². The van der Waals surface area contributed by atoms with E-state index in [-0.39, 0.29) is 0 Å². The zero-order chi connectivity index (χ0) is 16.1. The summed E-state index contributed by atoms with van der Waals surface area (Å²) in [5, 5.41) is 54.6. The number of ketones is 1. The SMILES string of the molecule is O=C(O)CC(=O)[C@@](O)(CC(=O)O)[C@](O)(CO)CC(=O)O. The number of carbonyl (C=O) groups excluding carboxylic acids is 1. The second-order valence-corrected chi connectivity index (χ2v) is 4.18. The van der Waals surface area contributed by atoms with Crippen molar-refractivity contribution in [3.05, 3.63) is 0 Å². The lowest BCUT2D eigenvalue weighted by atomic mass is 9.74. The predicted octanol–water partition coefficient (Wildman–Crippen LogP) is -2.57. The number of Topliss-reactive ketones (excluding diaryl/α,β-unsaturated/α-hetero) is 1. The zero-order valence-corrected chi connectivity index (χ0v) is 10.1. The molecule has 0 saturated carbocycles. The fourth-order valence-electron chi connectivity index (χ4n) is 1.61. The lowest BCUT2D eigenvalue weighted by molar-refractivity contribution is -0.198. The van der Waals surface area contributed by atoms with Gasteiger partial charge in [0.1, 0.15) is 12.0 Å². The molecule has 0 aliphatic carbocycles. The summed E-state index contributed by atoms with van der Waals surface area (Å²) < 4.78 is 0. The maximum absolute atomic E-state index is 11.6. The number of aliphatic carboxylic acids is 3. The van der Waals surface area contributed by atoms with Crippen molar-refractivity contribution in [3.8, 4) is 0 Å². The molecule has 0 unspecified atom stereocenters. The summed E-state index contributed by atoms with van der Waals surface area (Å²) in [5.74, 6) is -6.85. The largest absolute Gasteiger partial charge is 0.481 e. The van der Waals surface area contributed by atoms with Crippen LogP contribution >= 0.6 is 0 Å². The molecular formula is C10H14O10. The standard InChI is InChI=1S/C10H14O10/c11-4-9(19,2-7(15)16)10(20,3-8(17)18)5(12)1-6(13)14/h11,19-20H,1-4H2,(H,13,14)(H,15,16)(H,17,18)/t9-,10+/m1/s1. The van der Waals surface area contributed by atoms with E-state index in [1.54, 1.807) is 0 Å². The van der Waals surface area contributed by atoms with Gasteiger partial charge in [-0.15, -0.1) is 0 Å². The van der Waals surface area contributed by atoms with Gasteiger partial charge in [0, 0.05) is 0 Å². The minimum absolute atomic E-state index is 1.34. The molecule has 0 saturated heterocycles. The molecule has 114 valence electrons. The van der Waals surface area contributed by atoms with Gasteiger partial charge in [-0.2, -0.15) is 0 Å². The molecule has 6 N–H and O–H groups in total. The topological polar surface area (TPSA) is 190 Å². The third-order valence-electron chi connectivity index (χ3n) is 2.66. The number of carboxylic acids is 3. The molecule has 0 fully saturated rings. The molecule has 10 nitrogen and oxygen atoms in total. The van der Waals surface area contributed by atoms with Gasteiger partial charge in [-0.3, -0.25) is 19.2 Å². The van der Waals surface area contributed by atoms with Crippen molar-refractivity contribution in [2.24, 2.45) is 0 Å².